The van der Waals surface area contributed by atoms with Crippen molar-refractivity contribution in [3.63, 3.8) is 0 Å². The van der Waals surface area contributed by atoms with Crippen LogP contribution in [0.1, 0.15) is 17.3 Å². The second-order valence-corrected chi connectivity index (χ2v) is 4.48. The van der Waals surface area contributed by atoms with Crippen LogP contribution in [0, 0.1) is 5.95 Å². The van der Waals surface area contributed by atoms with E-state index in [4.69, 9.17) is 0 Å². The van der Waals surface area contributed by atoms with Crippen LogP contribution >= 0.6 is 0 Å². The fraction of sp³-hybridized carbons (Fsp3) is 0.462. The van der Waals surface area contributed by atoms with E-state index in [1.807, 2.05) is 6.92 Å². The van der Waals surface area contributed by atoms with Gasteiger partial charge in [0, 0.05) is 50.6 Å². The van der Waals surface area contributed by atoms with Crippen LogP contribution in [0.5, 0.6) is 0 Å². The lowest BCUT2D eigenvalue weighted by atomic mass is 10.2. The Bertz CT molecular complexity index is 501. The third-order valence-electron chi connectivity index (χ3n) is 3.16. The average molecular weight is 280 g/mol. The third kappa shape index (κ3) is 3.23. The summed E-state index contributed by atoms with van der Waals surface area (Å²) in [5.74, 6) is -0.904. The quantitative estimate of drug-likeness (QED) is 0.811. The average Bonchev–Trinajstić information content (AvgIpc) is 2.47. The Morgan fingerprint density at radius 2 is 1.95 bits per heavy atom. The molecule has 6 nitrogen and oxygen atoms in total. The van der Waals surface area contributed by atoms with Gasteiger partial charge in [0.2, 0.25) is 5.95 Å². The van der Waals surface area contributed by atoms with E-state index in [9.17, 15) is 14.0 Å². The molecule has 7 heteroatoms. The Morgan fingerprint density at radius 3 is 2.55 bits per heavy atom. The van der Waals surface area contributed by atoms with Crippen molar-refractivity contribution in [3.8, 4) is 0 Å². The number of hydrogen-bond acceptors (Lipinski definition) is 3. The molecule has 0 bridgehead atoms. The second-order valence-electron chi connectivity index (χ2n) is 4.48. The molecule has 0 aromatic carbocycles. The first-order valence-electron chi connectivity index (χ1n) is 6.55. The zero-order valence-corrected chi connectivity index (χ0v) is 11.3. The van der Waals surface area contributed by atoms with E-state index in [0.29, 0.717) is 32.7 Å². The largest absolute Gasteiger partial charge is 0.338 e. The zero-order valence-electron chi connectivity index (χ0n) is 11.3. The highest BCUT2D eigenvalue weighted by molar-refractivity contribution is 5.94. The molecule has 3 amide bonds. The van der Waals surface area contributed by atoms with Gasteiger partial charge in [-0.2, -0.15) is 4.39 Å². The number of rotatable bonds is 2. The van der Waals surface area contributed by atoms with Gasteiger partial charge in [-0.3, -0.25) is 4.79 Å². The second kappa shape index (κ2) is 6.31. The minimum Gasteiger partial charge on any atom is -0.338 e. The number of pyridine rings is 1. The van der Waals surface area contributed by atoms with Crippen molar-refractivity contribution in [1.29, 1.82) is 0 Å². The SMILES string of the molecule is CCNC(=O)N1CCN(C(=O)c2ccnc(F)c2)CC1. The van der Waals surface area contributed by atoms with Crippen molar-refractivity contribution in [1.82, 2.24) is 20.1 Å². The fourth-order valence-electron chi connectivity index (χ4n) is 2.09. The molecule has 2 heterocycles. The molecule has 20 heavy (non-hydrogen) atoms. The highest BCUT2D eigenvalue weighted by Crippen LogP contribution is 2.09. The normalized spacial score (nSPS) is 15.1. The highest BCUT2D eigenvalue weighted by Gasteiger charge is 2.24. The molecule has 1 N–H and O–H groups in total. The summed E-state index contributed by atoms with van der Waals surface area (Å²) in [7, 11) is 0. The Kier molecular flexibility index (Phi) is 4.49. The number of hydrogen-bond donors (Lipinski definition) is 1. The number of amides is 3. The van der Waals surface area contributed by atoms with Crippen LogP contribution in [-0.2, 0) is 0 Å². The minimum absolute atomic E-state index is 0.116. The molecule has 0 spiro atoms. The number of carbonyl (C=O) groups is 2. The van der Waals surface area contributed by atoms with Crippen molar-refractivity contribution in [3.05, 3.63) is 29.8 Å². The van der Waals surface area contributed by atoms with Crippen molar-refractivity contribution in [2.24, 2.45) is 0 Å². The molecule has 1 saturated heterocycles. The van der Waals surface area contributed by atoms with Gasteiger partial charge < -0.3 is 15.1 Å². The van der Waals surface area contributed by atoms with Crippen LogP contribution in [0.3, 0.4) is 0 Å². The Morgan fingerprint density at radius 1 is 1.30 bits per heavy atom. The van der Waals surface area contributed by atoms with Crippen molar-refractivity contribution in [2.45, 2.75) is 6.92 Å². The Labute approximate surface area is 116 Å². The van der Waals surface area contributed by atoms with Crippen LogP contribution < -0.4 is 5.32 Å². The first-order valence-corrected chi connectivity index (χ1v) is 6.55. The van der Waals surface area contributed by atoms with Crippen molar-refractivity contribution in [2.75, 3.05) is 32.7 Å². The molecule has 1 aromatic rings. The predicted molar refractivity (Wildman–Crippen MR) is 70.7 cm³/mol. The molecular formula is C13H17FN4O2. The van der Waals surface area contributed by atoms with Gasteiger partial charge in [-0.1, -0.05) is 0 Å². The van der Waals surface area contributed by atoms with Crippen molar-refractivity contribution < 1.29 is 14.0 Å². The number of nitrogens with one attached hydrogen (secondary N) is 1. The molecule has 0 atom stereocenters. The standard InChI is InChI=1S/C13H17FN4O2/c1-2-15-13(20)18-7-5-17(6-8-18)12(19)10-3-4-16-11(14)9-10/h3-4,9H,2,5-8H2,1H3,(H,15,20). The lowest BCUT2D eigenvalue weighted by Crippen LogP contribution is -2.53. The van der Waals surface area contributed by atoms with Gasteiger partial charge in [-0.15, -0.1) is 0 Å². The molecule has 0 radical (unpaired) electrons. The summed E-state index contributed by atoms with van der Waals surface area (Å²) in [6, 6.07) is 2.50. The number of halogens is 1. The summed E-state index contributed by atoms with van der Waals surface area (Å²) >= 11 is 0. The molecule has 1 aliphatic heterocycles. The summed E-state index contributed by atoms with van der Waals surface area (Å²) in [6.45, 7) is 4.28. The van der Waals surface area contributed by atoms with E-state index < -0.39 is 5.95 Å². The van der Waals surface area contributed by atoms with Crippen LogP contribution in [-0.4, -0.2) is 59.4 Å². The predicted octanol–water partition coefficient (Wildman–Crippen LogP) is 0.708. The first-order chi connectivity index (χ1) is 9.61. The Balaban J connectivity index is 1.93. The van der Waals surface area contributed by atoms with Crippen LogP contribution in [0.15, 0.2) is 18.3 Å². The number of piperazine rings is 1. The van der Waals surface area contributed by atoms with E-state index >= 15 is 0 Å². The van der Waals surface area contributed by atoms with Gasteiger partial charge in [0.15, 0.2) is 0 Å². The lowest BCUT2D eigenvalue weighted by Gasteiger charge is -2.34. The molecule has 1 aliphatic rings. The van der Waals surface area contributed by atoms with Crippen LogP contribution in [0.25, 0.3) is 0 Å². The van der Waals surface area contributed by atoms with Gasteiger partial charge in [-0.25, -0.2) is 9.78 Å². The Hall–Kier alpha value is -2.18. The smallest absolute Gasteiger partial charge is 0.317 e. The van der Waals surface area contributed by atoms with E-state index in [2.05, 4.69) is 10.3 Å². The van der Waals surface area contributed by atoms with Gasteiger partial charge in [0.1, 0.15) is 0 Å². The summed E-state index contributed by atoms with van der Waals surface area (Å²) in [4.78, 5) is 30.5. The zero-order chi connectivity index (χ0) is 14.5. The van der Waals surface area contributed by atoms with E-state index in [0.717, 1.165) is 6.07 Å². The van der Waals surface area contributed by atoms with Crippen LogP contribution in [0.2, 0.25) is 0 Å². The van der Waals surface area contributed by atoms with Gasteiger partial charge >= 0.3 is 6.03 Å². The maximum Gasteiger partial charge on any atom is 0.317 e. The minimum atomic E-state index is -0.670. The topological polar surface area (TPSA) is 65.5 Å². The van der Waals surface area contributed by atoms with Gasteiger partial charge in [-0.05, 0) is 13.0 Å². The molecule has 0 unspecified atom stereocenters. The number of urea groups is 1. The number of nitrogens with zero attached hydrogens (tertiary/aromatic N) is 3. The van der Waals surface area contributed by atoms with Crippen LogP contribution in [0.4, 0.5) is 9.18 Å². The summed E-state index contributed by atoms with van der Waals surface area (Å²) in [5, 5.41) is 2.72. The summed E-state index contributed by atoms with van der Waals surface area (Å²) in [6.07, 6.45) is 1.27. The molecule has 0 saturated carbocycles. The molecular weight excluding hydrogens is 263 g/mol. The lowest BCUT2D eigenvalue weighted by molar-refractivity contribution is 0.0664. The van der Waals surface area contributed by atoms with Gasteiger partial charge in [0.25, 0.3) is 5.91 Å². The van der Waals surface area contributed by atoms with E-state index in [-0.39, 0.29) is 17.5 Å². The summed E-state index contributed by atoms with van der Waals surface area (Å²) in [5.41, 5.74) is 0.281. The van der Waals surface area contributed by atoms with Crippen molar-refractivity contribution >= 4 is 11.9 Å². The van der Waals surface area contributed by atoms with Gasteiger partial charge in [0.05, 0.1) is 0 Å². The number of carbonyl (C=O) groups excluding carboxylic acids is 2. The van der Waals surface area contributed by atoms with E-state index in [1.54, 1.807) is 9.80 Å². The molecule has 2 rings (SSSR count). The number of aromatic nitrogens is 1. The molecule has 1 aromatic heterocycles. The first kappa shape index (κ1) is 14.2. The molecule has 0 aliphatic carbocycles. The maximum atomic E-state index is 13.0. The third-order valence-corrected chi connectivity index (χ3v) is 3.16. The summed E-state index contributed by atoms with van der Waals surface area (Å²) < 4.78 is 13.0. The fourth-order valence-corrected chi connectivity index (χ4v) is 2.09. The molecule has 108 valence electrons. The maximum absolute atomic E-state index is 13.0. The monoisotopic (exact) mass is 280 g/mol. The molecule has 1 fully saturated rings. The van der Waals surface area contributed by atoms with E-state index in [1.165, 1.54) is 12.3 Å². The highest BCUT2D eigenvalue weighted by atomic mass is 19.1.